The van der Waals surface area contributed by atoms with Crippen LogP contribution in [0.15, 0.2) is 24.3 Å². The number of piperidine rings is 1. The largest absolute Gasteiger partial charge is 0.462 e. The average Bonchev–Trinajstić information content (AvgIpc) is 3.11. The smallest absolute Gasteiger partial charge is 0.312 e. The van der Waals surface area contributed by atoms with Gasteiger partial charge in [0.25, 0.3) is 0 Å². The van der Waals surface area contributed by atoms with E-state index >= 15 is 0 Å². The highest BCUT2D eigenvalue weighted by atomic mass is 35.5. The number of hydrogen-bond acceptors (Lipinski definition) is 7. The van der Waals surface area contributed by atoms with Crippen molar-refractivity contribution >= 4 is 39.2 Å². The van der Waals surface area contributed by atoms with Gasteiger partial charge in [0.1, 0.15) is 6.10 Å². The molecule has 1 N–H and O–H groups in total. The number of anilines is 1. The van der Waals surface area contributed by atoms with Crippen LogP contribution in [-0.2, 0) is 24.3 Å². The molecule has 0 aliphatic carbocycles. The van der Waals surface area contributed by atoms with Crippen molar-refractivity contribution < 1.29 is 22.7 Å². The van der Waals surface area contributed by atoms with Crippen LogP contribution in [-0.4, -0.2) is 94.8 Å². The second-order valence-electron chi connectivity index (χ2n) is 9.58. The van der Waals surface area contributed by atoms with Gasteiger partial charge in [-0.1, -0.05) is 17.7 Å². The number of rotatable bonds is 7. The van der Waals surface area contributed by atoms with Crippen LogP contribution in [0.2, 0.25) is 5.02 Å². The van der Waals surface area contributed by atoms with E-state index in [4.69, 9.17) is 16.3 Å². The van der Waals surface area contributed by atoms with Gasteiger partial charge < -0.3 is 14.5 Å². The molecule has 1 aromatic carbocycles. The molecule has 3 saturated heterocycles. The van der Waals surface area contributed by atoms with Crippen molar-refractivity contribution in [1.82, 2.24) is 14.5 Å². The molecule has 11 heteroatoms. The summed E-state index contributed by atoms with van der Waals surface area (Å²) in [4.78, 5) is 31.4. The molecule has 0 aromatic heterocycles. The van der Waals surface area contributed by atoms with Gasteiger partial charge in [-0.15, -0.1) is 0 Å². The summed E-state index contributed by atoms with van der Waals surface area (Å²) in [6, 6.07) is 7.94. The molecule has 9 nitrogen and oxygen atoms in total. The number of halogens is 1. The van der Waals surface area contributed by atoms with Gasteiger partial charge in [0.15, 0.2) is 0 Å². The van der Waals surface area contributed by atoms with Crippen molar-refractivity contribution in [2.75, 3.05) is 63.5 Å². The van der Waals surface area contributed by atoms with E-state index in [0.717, 1.165) is 56.1 Å². The van der Waals surface area contributed by atoms with E-state index in [0.29, 0.717) is 32.4 Å². The zero-order chi connectivity index (χ0) is 24.3. The second-order valence-corrected chi connectivity index (χ2v) is 11.9. The number of sulfonamides is 1. The summed E-state index contributed by atoms with van der Waals surface area (Å²) in [5.74, 6) is -0.412. The lowest BCUT2D eigenvalue weighted by Gasteiger charge is -2.37. The number of cyclic esters (lactones) is 1. The van der Waals surface area contributed by atoms with Crippen molar-refractivity contribution in [3.8, 4) is 0 Å². The zero-order valence-corrected chi connectivity index (χ0v) is 21.1. The minimum Gasteiger partial charge on any atom is -0.462 e. The van der Waals surface area contributed by atoms with Crippen LogP contribution in [0.4, 0.5) is 5.69 Å². The first-order valence-corrected chi connectivity index (χ1v) is 14.1. The third kappa shape index (κ3) is 6.21. The van der Waals surface area contributed by atoms with E-state index in [-0.39, 0.29) is 24.5 Å². The van der Waals surface area contributed by atoms with Crippen LogP contribution < -0.4 is 9.62 Å². The van der Waals surface area contributed by atoms with Gasteiger partial charge in [0, 0.05) is 62.9 Å². The molecular formula is C23H33ClN4O5S. The fraction of sp³-hybridized carbons (Fsp3) is 0.652. The fourth-order valence-corrected chi connectivity index (χ4v) is 5.69. The number of ether oxygens (including phenoxy) is 1. The molecule has 1 aromatic rings. The van der Waals surface area contributed by atoms with Crippen molar-refractivity contribution in [2.45, 2.75) is 31.8 Å². The van der Waals surface area contributed by atoms with Crippen LogP contribution in [0.25, 0.3) is 0 Å². The number of esters is 1. The summed E-state index contributed by atoms with van der Waals surface area (Å²) in [5, 5.41) is 0.748. The molecule has 3 heterocycles. The average molecular weight is 513 g/mol. The third-order valence-corrected chi connectivity index (χ3v) is 8.10. The molecule has 0 radical (unpaired) electrons. The number of piperazine rings is 1. The molecule has 34 heavy (non-hydrogen) atoms. The van der Waals surface area contributed by atoms with Gasteiger partial charge in [0.2, 0.25) is 15.9 Å². The number of carbonyl (C=O) groups excluding carboxylic acids is 2. The zero-order valence-electron chi connectivity index (χ0n) is 19.5. The Hall–Kier alpha value is -1.88. The van der Waals surface area contributed by atoms with Gasteiger partial charge in [-0.3, -0.25) is 14.5 Å². The Bertz CT molecular complexity index is 1000. The predicted molar refractivity (Wildman–Crippen MR) is 130 cm³/mol. The summed E-state index contributed by atoms with van der Waals surface area (Å²) in [5.41, 5.74) is 0.632. The topological polar surface area (TPSA) is 99.3 Å². The number of likely N-dealkylation sites (tertiary alicyclic amines) is 1. The number of hydrogen-bond donors (Lipinski definition) is 1. The van der Waals surface area contributed by atoms with Crippen LogP contribution in [0.5, 0.6) is 0 Å². The Labute approximate surface area is 206 Å². The van der Waals surface area contributed by atoms with Crippen molar-refractivity contribution in [2.24, 2.45) is 5.41 Å². The lowest BCUT2D eigenvalue weighted by molar-refractivity contribution is -0.152. The maximum atomic E-state index is 12.7. The number of amides is 1. The van der Waals surface area contributed by atoms with Crippen LogP contribution in [0.3, 0.4) is 0 Å². The Morgan fingerprint density at radius 2 is 1.88 bits per heavy atom. The van der Waals surface area contributed by atoms with E-state index in [1.54, 1.807) is 4.90 Å². The van der Waals surface area contributed by atoms with Crippen molar-refractivity contribution in [3.05, 3.63) is 29.3 Å². The monoisotopic (exact) mass is 512 g/mol. The fourth-order valence-electron chi connectivity index (χ4n) is 5.12. The highest BCUT2D eigenvalue weighted by molar-refractivity contribution is 7.88. The highest BCUT2D eigenvalue weighted by Crippen LogP contribution is 2.44. The molecule has 188 valence electrons. The van der Waals surface area contributed by atoms with E-state index in [2.05, 4.69) is 20.6 Å². The number of benzene rings is 1. The summed E-state index contributed by atoms with van der Waals surface area (Å²) in [7, 11) is -3.41. The van der Waals surface area contributed by atoms with Crippen LogP contribution in [0.1, 0.15) is 25.7 Å². The molecule has 1 amide bonds. The molecule has 0 unspecified atom stereocenters. The molecule has 1 atom stereocenters. The molecule has 3 fully saturated rings. The molecule has 1 spiro atoms. The Kier molecular flexibility index (Phi) is 7.71. The SMILES string of the molecule is CS(=O)(=O)NCC(=O)N1CCC2(CC1)C[C@H](CCN1CCN(c3cccc(Cl)c3)CC1)OC2=O. The van der Waals surface area contributed by atoms with E-state index in [1.807, 2.05) is 18.2 Å². The first-order valence-electron chi connectivity index (χ1n) is 11.8. The standard InChI is InChI=1S/C23H33ClN4O5S/c1-34(31,32)25-17-21(29)28-9-6-23(7-10-28)16-20(33-22(23)30)5-8-26-11-13-27(14-12-26)19-4-2-3-18(24)15-19/h2-4,15,20,25H,5-14,16-17H2,1H3/t20-/m0/s1. The molecule has 3 aliphatic rings. The Balaban J connectivity index is 1.20. The lowest BCUT2D eigenvalue weighted by Crippen LogP contribution is -2.48. The lowest BCUT2D eigenvalue weighted by atomic mass is 9.75. The van der Waals surface area contributed by atoms with Crippen molar-refractivity contribution in [1.29, 1.82) is 0 Å². The summed E-state index contributed by atoms with van der Waals surface area (Å²) < 4.78 is 30.4. The van der Waals surface area contributed by atoms with Gasteiger partial charge >= 0.3 is 5.97 Å². The van der Waals surface area contributed by atoms with E-state index < -0.39 is 15.4 Å². The van der Waals surface area contributed by atoms with Crippen molar-refractivity contribution in [3.63, 3.8) is 0 Å². The second kappa shape index (κ2) is 10.4. The predicted octanol–water partition coefficient (Wildman–Crippen LogP) is 1.33. The number of nitrogens with one attached hydrogen (secondary N) is 1. The summed E-state index contributed by atoms with van der Waals surface area (Å²) >= 11 is 6.12. The Morgan fingerprint density at radius 1 is 1.18 bits per heavy atom. The first-order chi connectivity index (χ1) is 16.1. The molecule has 4 rings (SSSR count). The third-order valence-electron chi connectivity index (χ3n) is 7.20. The van der Waals surface area contributed by atoms with Crippen LogP contribution in [0, 0.1) is 5.41 Å². The summed E-state index contributed by atoms with van der Waals surface area (Å²) in [6.07, 6.45) is 3.56. The minimum atomic E-state index is -3.41. The molecule has 0 bridgehead atoms. The maximum absolute atomic E-state index is 12.7. The van der Waals surface area contributed by atoms with E-state index in [1.165, 1.54) is 0 Å². The maximum Gasteiger partial charge on any atom is 0.312 e. The van der Waals surface area contributed by atoms with E-state index in [9.17, 15) is 18.0 Å². The normalized spacial score (nSPS) is 23.4. The van der Waals surface area contributed by atoms with Gasteiger partial charge in [0.05, 0.1) is 18.2 Å². The van der Waals surface area contributed by atoms with Gasteiger partial charge in [-0.2, -0.15) is 0 Å². The minimum absolute atomic E-state index is 0.0902. The number of carbonyl (C=O) groups is 2. The van der Waals surface area contributed by atoms with Gasteiger partial charge in [-0.25, -0.2) is 13.1 Å². The summed E-state index contributed by atoms with van der Waals surface area (Å²) in [6.45, 7) is 5.31. The first kappa shape index (κ1) is 25.2. The highest BCUT2D eigenvalue weighted by Gasteiger charge is 2.50. The van der Waals surface area contributed by atoms with Crippen LogP contribution >= 0.6 is 11.6 Å². The number of nitrogens with zero attached hydrogens (tertiary/aromatic N) is 3. The molecular weight excluding hydrogens is 480 g/mol. The Morgan fingerprint density at radius 3 is 2.53 bits per heavy atom. The molecule has 0 saturated carbocycles. The quantitative estimate of drug-likeness (QED) is 0.550. The van der Waals surface area contributed by atoms with Gasteiger partial charge in [-0.05, 0) is 37.5 Å². The molecule has 3 aliphatic heterocycles.